The quantitative estimate of drug-likeness (QED) is 0.876. The first-order chi connectivity index (χ1) is 9.15. The number of anilines is 1. The van der Waals surface area contributed by atoms with Crippen LogP contribution in [0.3, 0.4) is 0 Å². The molecule has 0 amide bonds. The van der Waals surface area contributed by atoms with Crippen molar-refractivity contribution in [3.05, 3.63) is 29.8 Å². The SMILES string of the molecule is CC1CCC(C(=O)C2Cc3ccccc3N2)CC1C. The average molecular weight is 257 g/mol. The molecule has 4 atom stereocenters. The zero-order valence-corrected chi connectivity index (χ0v) is 11.9. The van der Waals surface area contributed by atoms with Gasteiger partial charge in [-0.05, 0) is 42.7 Å². The first-order valence-electron chi connectivity index (χ1n) is 7.53. The smallest absolute Gasteiger partial charge is 0.158 e. The molecule has 1 aromatic rings. The van der Waals surface area contributed by atoms with Gasteiger partial charge in [-0.25, -0.2) is 0 Å². The molecule has 4 unspecified atom stereocenters. The number of nitrogens with one attached hydrogen (secondary N) is 1. The van der Waals surface area contributed by atoms with Gasteiger partial charge >= 0.3 is 0 Å². The largest absolute Gasteiger partial charge is 0.375 e. The third-order valence-electron chi connectivity index (χ3n) is 5.12. The van der Waals surface area contributed by atoms with Gasteiger partial charge in [0.15, 0.2) is 5.78 Å². The molecular formula is C17H23NO. The number of fused-ring (bicyclic) bond motifs is 1. The van der Waals surface area contributed by atoms with Crippen molar-refractivity contribution in [3.8, 4) is 0 Å². The fourth-order valence-electron chi connectivity index (χ4n) is 3.56. The highest BCUT2D eigenvalue weighted by molar-refractivity contribution is 5.91. The molecule has 3 rings (SSSR count). The van der Waals surface area contributed by atoms with Gasteiger partial charge in [-0.1, -0.05) is 32.0 Å². The molecule has 102 valence electrons. The molecular weight excluding hydrogens is 234 g/mol. The summed E-state index contributed by atoms with van der Waals surface area (Å²) in [5.41, 5.74) is 2.44. The van der Waals surface area contributed by atoms with E-state index in [-0.39, 0.29) is 12.0 Å². The van der Waals surface area contributed by atoms with Crippen LogP contribution in [0.25, 0.3) is 0 Å². The minimum Gasteiger partial charge on any atom is -0.375 e. The predicted octanol–water partition coefficient (Wildman–Crippen LogP) is 3.66. The van der Waals surface area contributed by atoms with E-state index in [2.05, 4.69) is 37.4 Å². The Hall–Kier alpha value is -1.31. The maximum absolute atomic E-state index is 12.7. The highest BCUT2D eigenvalue weighted by atomic mass is 16.1. The second kappa shape index (κ2) is 4.99. The van der Waals surface area contributed by atoms with E-state index < -0.39 is 0 Å². The molecule has 0 spiro atoms. The van der Waals surface area contributed by atoms with E-state index in [9.17, 15) is 4.79 Å². The van der Waals surface area contributed by atoms with E-state index in [1.54, 1.807) is 0 Å². The minimum atomic E-state index is 0.0167. The molecule has 1 aromatic carbocycles. The molecule has 2 aliphatic rings. The maximum Gasteiger partial charge on any atom is 0.158 e. The monoisotopic (exact) mass is 257 g/mol. The van der Waals surface area contributed by atoms with Crippen LogP contribution in [-0.4, -0.2) is 11.8 Å². The van der Waals surface area contributed by atoms with Crippen LogP contribution in [0.4, 0.5) is 5.69 Å². The Morgan fingerprint density at radius 2 is 1.95 bits per heavy atom. The molecule has 1 aliphatic carbocycles. The van der Waals surface area contributed by atoms with Crippen LogP contribution >= 0.6 is 0 Å². The summed E-state index contributed by atoms with van der Waals surface area (Å²) in [5, 5.41) is 3.41. The molecule has 0 radical (unpaired) electrons. The molecule has 1 fully saturated rings. The Balaban J connectivity index is 1.67. The molecule has 19 heavy (non-hydrogen) atoms. The molecule has 0 bridgehead atoms. The summed E-state index contributed by atoms with van der Waals surface area (Å²) in [6.07, 6.45) is 4.24. The van der Waals surface area contributed by atoms with Crippen LogP contribution in [0, 0.1) is 17.8 Å². The van der Waals surface area contributed by atoms with Crippen LogP contribution in [0.5, 0.6) is 0 Å². The molecule has 2 nitrogen and oxygen atoms in total. The molecule has 1 N–H and O–H groups in total. The van der Waals surface area contributed by atoms with Gasteiger partial charge in [-0.15, -0.1) is 0 Å². The Bertz CT molecular complexity index is 457. The summed E-state index contributed by atoms with van der Waals surface area (Å²) in [4.78, 5) is 12.7. The third-order valence-corrected chi connectivity index (χ3v) is 5.12. The van der Waals surface area contributed by atoms with Crippen molar-refractivity contribution >= 4 is 11.5 Å². The zero-order chi connectivity index (χ0) is 13.4. The molecule has 0 saturated heterocycles. The lowest BCUT2D eigenvalue weighted by Gasteiger charge is -2.32. The van der Waals surface area contributed by atoms with Crippen molar-refractivity contribution < 1.29 is 4.79 Å². The lowest BCUT2D eigenvalue weighted by atomic mass is 9.73. The lowest BCUT2D eigenvalue weighted by molar-refractivity contribution is -0.125. The van der Waals surface area contributed by atoms with E-state index >= 15 is 0 Å². The second-order valence-corrected chi connectivity index (χ2v) is 6.43. The number of hydrogen-bond acceptors (Lipinski definition) is 2. The van der Waals surface area contributed by atoms with Crippen LogP contribution in [0.1, 0.15) is 38.7 Å². The van der Waals surface area contributed by atoms with Crippen molar-refractivity contribution in [2.24, 2.45) is 17.8 Å². The van der Waals surface area contributed by atoms with Crippen molar-refractivity contribution in [1.82, 2.24) is 0 Å². The van der Waals surface area contributed by atoms with Crippen molar-refractivity contribution in [2.75, 3.05) is 5.32 Å². The number of rotatable bonds is 2. The summed E-state index contributed by atoms with van der Waals surface area (Å²) < 4.78 is 0. The zero-order valence-electron chi connectivity index (χ0n) is 11.9. The molecule has 2 heteroatoms. The van der Waals surface area contributed by atoms with Gasteiger partial charge in [0.2, 0.25) is 0 Å². The summed E-state index contributed by atoms with van der Waals surface area (Å²) in [5.74, 6) is 2.18. The standard InChI is InChI=1S/C17H23NO/c1-11-7-8-14(9-12(11)2)17(19)16-10-13-5-3-4-6-15(13)18-16/h3-6,11-12,14,16,18H,7-10H2,1-2H3. The van der Waals surface area contributed by atoms with Crippen molar-refractivity contribution in [1.29, 1.82) is 0 Å². The summed E-state index contributed by atoms with van der Waals surface area (Å²) in [6.45, 7) is 4.61. The summed E-state index contributed by atoms with van der Waals surface area (Å²) in [6, 6.07) is 8.30. The Morgan fingerprint density at radius 3 is 2.68 bits per heavy atom. The van der Waals surface area contributed by atoms with Crippen LogP contribution in [-0.2, 0) is 11.2 Å². The summed E-state index contributed by atoms with van der Waals surface area (Å²) in [7, 11) is 0. The minimum absolute atomic E-state index is 0.0167. The van der Waals surface area contributed by atoms with Gasteiger partial charge < -0.3 is 5.32 Å². The lowest BCUT2D eigenvalue weighted by Crippen LogP contribution is -2.36. The van der Waals surface area contributed by atoms with E-state index in [0.29, 0.717) is 11.7 Å². The van der Waals surface area contributed by atoms with Gasteiger partial charge in [-0.3, -0.25) is 4.79 Å². The number of benzene rings is 1. The van der Waals surface area contributed by atoms with Gasteiger partial charge in [0, 0.05) is 18.0 Å². The topological polar surface area (TPSA) is 29.1 Å². The van der Waals surface area contributed by atoms with E-state index in [4.69, 9.17) is 0 Å². The van der Waals surface area contributed by atoms with Crippen LogP contribution in [0.15, 0.2) is 24.3 Å². The molecule has 1 heterocycles. The van der Waals surface area contributed by atoms with Crippen molar-refractivity contribution in [2.45, 2.75) is 45.6 Å². The molecule has 1 aliphatic heterocycles. The number of hydrogen-bond donors (Lipinski definition) is 1. The number of carbonyl (C=O) groups is 1. The Morgan fingerprint density at radius 1 is 1.16 bits per heavy atom. The summed E-state index contributed by atoms with van der Waals surface area (Å²) >= 11 is 0. The number of ketones is 1. The fourth-order valence-corrected chi connectivity index (χ4v) is 3.56. The number of carbonyl (C=O) groups excluding carboxylic acids is 1. The fraction of sp³-hybridized carbons (Fsp3) is 0.588. The first kappa shape index (κ1) is 12.7. The third kappa shape index (κ3) is 2.41. The second-order valence-electron chi connectivity index (χ2n) is 6.43. The maximum atomic E-state index is 12.7. The van der Waals surface area contributed by atoms with E-state index in [0.717, 1.165) is 30.9 Å². The molecule has 1 saturated carbocycles. The van der Waals surface area contributed by atoms with E-state index in [1.807, 2.05) is 6.07 Å². The van der Waals surface area contributed by atoms with Crippen LogP contribution in [0.2, 0.25) is 0 Å². The van der Waals surface area contributed by atoms with Gasteiger partial charge in [-0.2, -0.15) is 0 Å². The first-order valence-corrected chi connectivity index (χ1v) is 7.53. The predicted molar refractivity (Wildman–Crippen MR) is 78.2 cm³/mol. The normalized spacial score (nSPS) is 33.6. The average Bonchev–Trinajstić information content (AvgIpc) is 2.85. The highest BCUT2D eigenvalue weighted by Gasteiger charge is 2.35. The van der Waals surface area contributed by atoms with Gasteiger partial charge in [0.05, 0.1) is 6.04 Å². The van der Waals surface area contributed by atoms with Crippen molar-refractivity contribution in [3.63, 3.8) is 0 Å². The highest BCUT2D eigenvalue weighted by Crippen LogP contribution is 2.36. The van der Waals surface area contributed by atoms with Gasteiger partial charge in [0.1, 0.15) is 0 Å². The van der Waals surface area contributed by atoms with Gasteiger partial charge in [0.25, 0.3) is 0 Å². The van der Waals surface area contributed by atoms with Crippen LogP contribution < -0.4 is 5.32 Å². The number of Topliss-reactive ketones (excluding diaryl/α,β-unsaturated/α-hetero) is 1. The Kier molecular flexibility index (Phi) is 3.34. The Labute approximate surface area is 115 Å². The van der Waals surface area contributed by atoms with E-state index in [1.165, 1.54) is 12.0 Å². The molecule has 0 aromatic heterocycles. The number of para-hydroxylation sites is 1.